The lowest BCUT2D eigenvalue weighted by atomic mass is 9.81. The van der Waals surface area contributed by atoms with E-state index >= 15 is 0 Å². The van der Waals surface area contributed by atoms with Crippen molar-refractivity contribution in [2.45, 2.75) is 11.7 Å². The number of hydrogen-bond donors (Lipinski definition) is 2. The van der Waals surface area contributed by atoms with Gasteiger partial charge in [-0.1, -0.05) is 66.7 Å². The van der Waals surface area contributed by atoms with Crippen LogP contribution in [0.1, 0.15) is 11.1 Å². The van der Waals surface area contributed by atoms with E-state index in [-0.39, 0.29) is 11.9 Å². The summed E-state index contributed by atoms with van der Waals surface area (Å²) in [4.78, 5) is 32.9. The standard InChI is InChI=1S/C25H20N4O.C2HF3O2/c1-29-23(30)25(28-24(29)26,18-9-3-2-4-10-18)19-11-5-8-17(16-19)20-12-6-14-22-21(20)13-7-15-27-22;3-2(4,5)1(6)7/h2-16H,1H3,(H2,26,28);(H,6,7). The number of carboxylic acid groups (broad SMARTS) is 1. The molecule has 1 atom stereocenters. The zero-order valence-electron chi connectivity index (χ0n) is 19.5. The van der Waals surface area contributed by atoms with Crippen LogP contribution in [0.5, 0.6) is 0 Å². The van der Waals surface area contributed by atoms with Crippen LogP contribution in [0.4, 0.5) is 13.2 Å². The number of pyridine rings is 1. The molecule has 3 N–H and O–H groups in total. The minimum absolute atomic E-state index is 0.164. The molecule has 5 rings (SSSR count). The van der Waals surface area contributed by atoms with Crippen LogP contribution in [0.3, 0.4) is 0 Å². The molecule has 1 unspecified atom stereocenters. The van der Waals surface area contributed by atoms with Crippen LogP contribution in [0.2, 0.25) is 0 Å². The molecule has 2 heterocycles. The highest BCUT2D eigenvalue weighted by Gasteiger charge is 2.49. The lowest BCUT2D eigenvalue weighted by molar-refractivity contribution is -0.192. The van der Waals surface area contributed by atoms with Crippen LogP contribution in [-0.2, 0) is 15.1 Å². The third-order valence-electron chi connectivity index (χ3n) is 5.91. The summed E-state index contributed by atoms with van der Waals surface area (Å²) in [6.45, 7) is 0. The van der Waals surface area contributed by atoms with E-state index in [1.165, 1.54) is 4.90 Å². The van der Waals surface area contributed by atoms with Gasteiger partial charge in [0.2, 0.25) is 0 Å². The van der Waals surface area contributed by atoms with E-state index < -0.39 is 17.7 Å². The van der Waals surface area contributed by atoms with Crippen LogP contribution in [0.15, 0.2) is 96.1 Å². The molecule has 10 heteroatoms. The van der Waals surface area contributed by atoms with Gasteiger partial charge in [-0.15, -0.1) is 0 Å². The predicted molar refractivity (Wildman–Crippen MR) is 132 cm³/mol. The fourth-order valence-corrected chi connectivity index (χ4v) is 4.13. The number of hydrogen-bond acceptors (Lipinski definition) is 5. The van der Waals surface area contributed by atoms with E-state index in [1.807, 2.05) is 72.8 Å². The molecule has 0 aliphatic carbocycles. The van der Waals surface area contributed by atoms with Gasteiger partial charge in [-0.25, -0.2) is 9.79 Å². The summed E-state index contributed by atoms with van der Waals surface area (Å²) in [6.07, 6.45) is -3.29. The topological polar surface area (TPSA) is 109 Å². The number of carbonyl (C=O) groups excluding carboxylic acids is 1. The van der Waals surface area contributed by atoms with Crippen molar-refractivity contribution in [2.24, 2.45) is 10.7 Å². The van der Waals surface area contributed by atoms with Crippen molar-refractivity contribution in [3.05, 3.63) is 102 Å². The molecule has 0 saturated carbocycles. The van der Waals surface area contributed by atoms with Crippen LogP contribution in [0.25, 0.3) is 22.0 Å². The summed E-state index contributed by atoms with van der Waals surface area (Å²) in [5.74, 6) is -2.71. The Morgan fingerprint density at radius 1 is 0.946 bits per heavy atom. The average molecular weight is 506 g/mol. The number of guanidine groups is 1. The quantitative estimate of drug-likeness (QED) is 0.423. The SMILES string of the molecule is CN1C(=O)C(c2ccccc2)(c2cccc(-c3cccc4ncccc34)c2)N=C1N.O=C(O)C(F)(F)F. The number of carboxylic acids is 1. The average Bonchev–Trinajstić information content (AvgIpc) is 3.13. The number of nitrogens with two attached hydrogens (primary N) is 1. The van der Waals surface area contributed by atoms with Gasteiger partial charge >= 0.3 is 12.1 Å². The number of aliphatic imine (C=N–C) groups is 1. The number of aromatic nitrogens is 1. The first-order valence-electron chi connectivity index (χ1n) is 11.0. The predicted octanol–water partition coefficient (Wildman–Crippen LogP) is 4.57. The van der Waals surface area contributed by atoms with E-state index in [1.54, 1.807) is 13.2 Å². The normalized spacial score (nSPS) is 17.2. The molecule has 0 saturated heterocycles. The zero-order chi connectivity index (χ0) is 26.8. The van der Waals surface area contributed by atoms with Crippen molar-refractivity contribution < 1.29 is 27.9 Å². The first-order valence-corrected chi connectivity index (χ1v) is 11.0. The van der Waals surface area contributed by atoms with E-state index in [0.717, 1.165) is 33.2 Å². The summed E-state index contributed by atoms with van der Waals surface area (Å²) in [5, 5.41) is 8.18. The lowest BCUT2D eigenvalue weighted by Crippen LogP contribution is -2.41. The second-order valence-electron chi connectivity index (χ2n) is 8.17. The summed E-state index contributed by atoms with van der Waals surface area (Å²) in [7, 11) is 1.66. The fraction of sp³-hybridized carbons (Fsp3) is 0.111. The molecule has 1 aliphatic heterocycles. The van der Waals surface area contributed by atoms with Crippen molar-refractivity contribution >= 4 is 28.7 Å². The number of aliphatic carboxylic acids is 1. The van der Waals surface area contributed by atoms with Crippen LogP contribution < -0.4 is 5.73 Å². The maximum absolute atomic E-state index is 13.4. The fourth-order valence-electron chi connectivity index (χ4n) is 4.13. The molecule has 1 aliphatic rings. The van der Waals surface area contributed by atoms with Gasteiger partial charge in [0.25, 0.3) is 5.91 Å². The lowest BCUT2D eigenvalue weighted by Gasteiger charge is -2.26. The maximum atomic E-state index is 13.4. The third-order valence-corrected chi connectivity index (χ3v) is 5.91. The summed E-state index contributed by atoms with van der Waals surface area (Å²) < 4.78 is 31.7. The minimum Gasteiger partial charge on any atom is -0.475 e. The van der Waals surface area contributed by atoms with Gasteiger partial charge in [-0.3, -0.25) is 14.7 Å². The van der Waals surface area contributed by atoms with Crippen molar-refractivity contribution in [3.63, 3.8) is 0 Å². The summed E-state index contributed by atoms with van der Waals surface area (Å²) >= 11 is 0. The van der Waals surface area contributed by atoms with Gasteiger partial charge in [0.15, 0.2) is 11.5 Å². The highest BCUT2D eigenvalue weighted by Crippen LogP contribution is 2.41. The van der Waals surface area contributed by atoms with Gasteiger partial charge in [0.1, 0.15) is 0 Å². The second kappa shape index (κ2) is 9.73. The molecule has 7 nitrogen and oxygen atoms in total. The molecule has 4 aromatic rings. The molecular formula is C27H21F3N4O3. The first-order chi connectivity index (χ1) is 17.6. The second-order valence-corrected chi connectivity index (χ2v) is 8.17. The number of rotatable bonds is 3. The van der Waals surface area contributed by atoms with Crippen molar-refractivity contribution in [1.82, 2.24) is 9.88 Å². The number of carbonyl (C=O) groups is 2. The molecule has 3 aromatic carbocycles. The number of alkyl halides is 3. The monoisotopic (exact) mass is 506 g/mol. The Morgan fingerprint density at radius 2 is 1.59 bits per heavy atom. The van der Waals surface area contributed by atoms with E-state index in [4.69, 9.17) is 15.6 Å². The molecule has 0 bridgehead atoms. The van der Waals surface area contributed by atoms with Gasteiger partial charge < -0.3 is 10.8 Å². The van der Waals surface area contributed by atoms with Gasteiger partial charge in [-0.05, 0) is 40.5 Å². The number of amides is 1. The van der Waals surface area contributed by atoms with Crippen LogP contribution in [-0.4, -0.2) is 46.1 Å². The molecule has 0 fully saturated rings. The smallest absolute Gasteiger partial charge is 0.475 e. The summed E-state index contributed by atoms with van der Waals surface area (Å²) in [5.41, 5.74) is 9.45. The van der Waals surface area contributed by atoms with E-state index in [2.05, 4.69) is 22.1 Å². The molecule has 37 heavy (non-hydrogen) atoms. The Morgan fingerprint density at radius 3 is 2.22 bits per heavy atom. The highest BCUT2D eigenvalue weighted by molar-refractivity contribution is 6.09. The third kappa shape index (κ3) is 4.73. The minimum atomic E-state index is -5.08. The molecule has 1 amide bonds. The Labute approximate surface area is 209 Å². The number of halogens is 3. The van der Waals surface area contributed by atoms with Gasteiger partial charge in [0.05, 0.1) is 5.52 Å². The molecule has 0 spiro atoms. The molecule has 188 valence electrons. The van der Waals surface area contributed by atoms with E-state index in [0.29, 0.717) is 0 Å². The Kier molecular flexibility index (Phi) is 6.67. The Balaban J connectivity index is 0.000000405. The van der Waals surface area contributed by atoms with Crippen LogP contribution in [0, 0.1) is 0 Å². The van der Waals surface area contributed by atoms with E-state index in [9.17, 15) is 18.0 Å². The first kappa shape index (κ1) is 25.4. The van der Waals surface area contributed by atoms with Crippen molar-refractivity contribution in [1.29, 1.82) is 0 Å². The van der Waals surface area contributed by atoms with Crippen molar-refractivity contribution in [2.75, 3.05) is 7.05 Å². The number of fused-ring (bicyclic) bond motifs is 1. The molecule has 0 radical (unpaired) electrons. The Hall–Kier alpha value is -4.73. The maximum Gasteiger partial charge on any atom is 0.490 e. The zero-order valence-corrected chi connectivity index (χ0v) is 19.5. The summed E-state index contributed by atoms with van der Waals surface area (Å²) in [6, 6.07) is 27.6. The number of benzene rings is 3. The molecule has 1 aromatic heterocycles. The van der Waals surface area contributed by atoms with Gasteiger partial charge in [-0.2, -0.15) is 13.2 Å². The van der Waals surface area contributed by atoms with Crippen LogP contribution >= 0.6 is 0 Å². The van der Waals surface area contributed by atoms with Crippen molar-refractivity contribution in [3.8, 4) is 11.1 Å². The highest BCUT2D eigenvalue weighted by atomic mass is 19.4. The number of likely N-dealkylation sites (N-methyl/N-ethyl adjacent to an activating group) is 1. The largest absolute Gasteiger partial charge is 0.490 e. The molecular weight excluding hydrogens is 485 g/mol. The van der Waals surface area contributed by atoms with Gasteiger partial charge in [0, 0.05) is 18.6 Å². The Bertz CT molecular complexity index is 1500. The number of nitrogens with zero attached hydrogens (tertiary/aromatic N) is 3.